The Morgan fingerprint density at radius 2 is 1.21 bits per heavy atom. The first-order chi connectivity index (χ1) is 11.5. The standard InChI is InChI=1S/C24H46/c1-6-7-8-9-22(16-23-14-18(2)10-12-20(23)4)17-24-15-19(3)11-13-21(24)5/h18-24H,6-17H2,1-5H3. The third kappa shape index (κ3) is 6.38. The summed E-state index contributed by atoms with van der Waals surface area (Å²) in [5.74, 6) is 7.00. The van der Waals surface area contributed by atoms with Crippen LogP contribution in [0.1, 0.15) is 112 Å². The van der Waals surface area contributed by atoms with Gasteiger partial charge in [-0.3, -0.25) is 0 Å². The van der Waals surface area contributed by atoms with Crippen molar-refractivity contribution in [1.29, 1.82) is 0 Å². The molecule has 0 saturated heterocycles. The van der Waals surface area contributed by atoms with Gasteiger partial charge in [-0.25, -0.2) is 0 Å². The molecule has 2 rings (SSSR count). The molecule has 0 aromatic rings. The first kappa shape index (κ1) is 20.3. The highest BCUT2D eigenvalue weighted by Gasteiger charge is 2.31. The van der Waals surface area contributed by atoms with Crippen molar-refractivity contribution in [1.82, 2.24) is 0 Å². The molecule has 6 unspecified atom stereocenters. The molecule has 0 aromatic carbocycles. The molecule has 0 amide bonds. The number of hydrogen-bond donors (Lipinski definition) is 0. The lowest BCUT2D eigenvalue weighted by atomic mass is 9.67. The van der Waals surface area contributed by atoms with Crippen molar-refractivity contribution >= 4 is 0 Å². The molecule has 2 aliphatic rings. The summed E-state index contributed by atoms with van der Waals surface area (Å²) < 4.78 is 0. The molecule has 0 heterocycles. The van der Waals surface area contributed by atoms with Crippen LogP contribution in [0, 0.1) is 41.4 Å². The average molecular weight is 335 g/mol. The summed E-state index contributed by atoms with van der Waals surface area (Å²) in [6.45, 7) is 12.4. The van der Waals surface area contributed by atoms with E-state index >= 15 is 0 Å². The zero-order chi connectivity index (χ0) is 17.5. The maximum absolute atomic E-state index is 2.55. The summed E-state index contributed by atoms with van der Waals surface area (Å²) >= 11 is 0. The molecular weight excluding hydrogens is 288 g/mol. The Labute approximate surface area is 153 Å². The van der Waals surface area contributed by atoms with Gasteiger partial charge in [0, 0.05) is 0 Å². The molecule has 24 heavy (non-hydrogen) atoms. The van der Waals surface area contributed by atoms with E-state index in [1.165, 1.54) is 64.2 Å². The third-order valence-electron chi connectivity index (χ3n) is 7.74. The Bertz CT molecular complexity index is 305. The van der Waals surface area contributed by atoms with Crippen LogP contribution in [0.15, 0.2) is 0 Å². The van der Waals surface area contributed by atoms with Crippen LogP contribution in [0.3, 0.4) is 0 Å². The second-order valence-electron chi connectivity index (χ2n) is 10.1. The van der Waals surface area contributed by atoms with Crippen molar-refractivity contribution < 1.29 is 0 Å². The minimum atomic E-state index is 0.983. The fourth-order valence-corrected chi connectivity index (χ4v) is 5.83. The highest BCUT2D eigenvalue weighted by molar-refractivity contribution is 4.82. The van der Waals surface area contributed by atoms with Gasteiger partial charge >= 0.3 is 0 Å². The van der Waals surface area contributed by atoms with Crippen LogP contribution >= 0.6 is 0 Å². The smallest absolute Gasteiger partial charge is 0.0383 e. The van der Waals surface area contributed by atoms with Crippen molar-refractivity contribution in [3.05, 3.63) is 0 Å². The molecule has 0 nitrogen and oxygen atoms in total. The predicted molar refractivity (Wildman–Crippen MR) is 108 cm³/mol. The average Bonchev–Trinajstić information content (AvgIpc) is 2.54. The summed E-state index contributed by atoms with van der Waals surface area (Å²) in [6, 6.07) is 0. The number of hydrogen-bond acceptors (Lipinski definition) is 0. The lowest BCUT2D eigenvalue weighted by Crippen LogP contribution is -2.27. The summed E-state index contributed by atoms with van der Waals surface area (Å²) in [4.78, 5) is 0. The van der Waals surface area contributed by atoms with Crippen molar-refractivity contribution in [3.63, 3.8) is 0 Å². The Morgan fingerprint density at radius 1 is 0.708 bits per heavy atom. The van der Waals surface area contributed by atoms with Gasteiger partial charge in [0.15, 0.2) is 0 Å². The van der Waals surface area contributed by atoms with Gasteiger partial charge in [0.1, 0.15) is 0 Å². The van der Waals surface area contributed by atoms with E-state index in [1.54, 1.807) is 12.8 Å². The molecule has 0 bridgehead atoms. The Hall–Kier alpha value is 0. The van der Waals surface area contributed by atoms with Crippen molar-refractivity contribution in [2.45, 2.75) is 112 Å². The van der Waals surface area contributed by atoms with Crippen molar-refractivity contribution in [2.24, 2.45) is 41.4 Å². The maximum Gasteiger partial charge on any atom is -0.0383 e. The van der Waals surface area contributed by atoms with E-state index in [9.17, 15) is 0 Å². The monoisotopic (exact) mass is 334 g/mol. The molecule has 6 atom stereocenters. The van der Waals surface area contributed by atoms with Gasteiger partial charge in [0.25, 0.3) is 0 Å². The first-order valence-corrected chi connectivity index (χ1v) is 11.5. The highest BCUT2D eigenvalue weighted by Crippen LogP contribution is 2.43. The van der Waals surface area contributed by atoms with Gasteiger partial charge in [-0.15, -0.1) is 0 Å². The molecule has 0 aromatic heterocycles. The van der Waals surface area contributed by atoms with Gasteiger partial charge in [0.05, 0.1) is 0 Å². The van der Waals surface area contributed by atoms with Gasteiger partial charge in [-0.2, -0.15) is 0 Å². The van der Waals surface area contributed by atoms with Crippen LogP contribution in [0.5, 0.6) is 0 Å². The second kappa shape index (κ2) is 10.2. The minimum Gasteiger partial charge on any atom is -0.0654 e. The molecule has 2 saturated carbocycles. The Balaban J connectivity index is 1.92. The van der Waals surface area contributed by atoms with Crippen LogP contribution in [0.4, 0.5) is 0 Å². The van der Waals surface area contributed by atoms with Gasteiger partial charge in [-0.1, -0.05) is 86.0 Å². The van der Waals surface area contributed by atoms with Crippen molar-refractivity contribution in [2.75, 3.05) is 0 Å². The Kier molecular flexibility index (Phi) is 8.65. The number of unbranched alkanes of at least 4 members (excludes halogenated alkanes) is 2. The molecule has 0 radical (unpaired) electrons. The van der Waals surface area contributed by atoms with Crippen LogP contribution in [-0.4, -0.2) is 0 Å². The van der Waals surface area contributed by atoms with Gasteiger partial charge in [-0.05, 0) is 67.1 Å². The maximum atomic E-state index is 2.55. The number of rotatable bonds is 8. The summed E-state index contributed by atoms with van der Waals surface area (Å²) in [5.41, 5.74) is 0. The molecule has 2 aliphatic carbocycles. The fourth-order valence-electron chi connectivity index (χ4n) is 5.83. The largest absolute Gasteiger partial charge is 0.0654 e. The lowest BCUT2D eigenvalue weighted by molar-refractivity contribution is 0.126. The fraction of sp³-hybridized carbons (Fsp3) is 1.00. The van der Waals surface area contributed by atoms with Crippen LogP contribution < -0.4 is 0 Å². The zero-order valence-corrected chi connectivity index (χ0v) is 17.5. The van der Waals surface area contributed by atoms with Crippen LogP contribution in [0.25, 0.3) is 0 Å². The normalized spacial score (nSPS) is 38.9. The predicted octanol–water partition coefficient (Wildman–Crippen LogP) is 8.11. The van der Waals surface area contributed by atoms with Crippen LogP contribution in [-0.2, 0) is 0 Å². The van der Waals surface area contributed by atoms with E-state index in [0.29, 0.717) is 0 Å². The lowest BCUT2D eigenvalue weighted by Gasteiger charge is -2.38. The van der Waals surface area contributed by atoms with Gasteiger partial charge in [0.2, 0.25) is 0 Å². The topological polar surface area (TPSA) is 0 Å². The van der Waals surface area contributed by atoms with Crippen molar-refractivity contribution in [3.8, 4) is 0 Å². The molecule has 0 heteroatoms. The van der Waals surface area contributed by atoms with E-state index in [1.807, 2.05) is 0 Å². The third-order valence-corrected chi connectivity index (χ3v) is 7.74. The zero-order valence-electron chi connectivity index (χ0n) is 17.5. The van der Waals surface area contributed by atoms with E-state index in [-0.39, 0.29) is 0 Å². The van der Waals surface area contributed by atoms with E-state index < -0.39 is 0 Å². The molecular formula is C24H46. The highest BCUT2D eigenvalue weighted by atomic mass is 14.4. The summed E-state index contributed by atoms with van der Waals surface area (Å²) in [6.07, 6.45) is 17.9. The summed E-state index contributed by atoms with van der Waals surface area (Å²) in [5, 5.41) is 0. The molecule has 0 spiro atoms. The molecule has 0 N–H and O–H groups in total. The second-order valence-corrected chi connectivity index (χ2v) is 10.1. The molecule has 142 valence electrons. The quantitative estimate of drug-likeness (QED) is 0.393. The Morgan fingerprint density at radius 3 is 1.67 bits per heavy atom. The molecule has 2 fully saturated rings. The van der Waals surface area contributed by atoms with E-state index in [4.69, 9.17) is 0 Å². The molecule has 0 aliphatic heterocycles. The minimum absolute atomic E-state index is 0.983. The summed E-state index contributed by atoms with van der Waals surface area (Å²) in [7, 11) is 0. The van der Waals surface area contributed by atoms with E-state index in [0.717, 1.165) is 41.4 Å². The van der Waals surface area contributed by atoms with E-state index in [2.05, 4.69) is 34.6 Å². The first-order valence-electron chi connectivity index (χ1n) is 11.5. The SMILES string of the molecule is CCCCCC(CC1CC(C)CCC1C)CC1CC(C)CCC1C. The van der Waals surface area contributed by atoms with Gasteiger partial charge < -0.3 is 0 Å². The van der Waals surface area contributed by atoms with Crippen LogP contribution in [0.2, 0.25) is 0 Å².